The second kappa shape index (κ2) is 9.66. The molecule has 1 amide bonds. The van der Waals surface area contributed by atoms with Crippen molar-refractivity contribution in [1.82, 2.24) is 5.32 Å². The first-order valence-corrected chi connectivity index (χ1v) is 9.49. The predicted octanol–water partition coefficient (Wildman–Crippen LogP) is 2.95. The van der Waals surface area contributed by atoms with E-state index in [1.54, 1.807) is 24.3 Å². The number of hydrogen-bond acceptors (Lipinski definition) is 7. The van der Waals surface area contributed by atoms with Crippen molar-refractivity contribution in [2.75, 3.05) is 13.2 Å². The lowest BCUT2D eigenvalue weighted by atomic mass is 10.2. The van der Waals surface area contributed by atoms with Gasteiger partial charge in [0.05, 0.1) is 12.0 Å². The molecule has 0 bridgehead atoms. The molecular weight excluding hydrogens is 406 g/mol. The second-order valence-electron chi connectivity index (χ2n) is 6.48. The molecule has 162 valence electrons. The molecule has 0 aliphatic heterocycles. The van der Waals surface area contributed by atoms with Crippen molar-refractivity contribution < 1.29 is 33.3 Å². The summed E-state index contributed by atoms with van der Waals surface area (Å²) in [5, 5.41) is 11.3. The molecule has 0 saturated carbocycles. The quantitative estimate of drug-likeness (QED) is 0.534. The van der Waals surface area contributed by atoms with E-state index < -0.39 is 17.9 Å². The van der Waals surface area contributed by atoms with Gasteiger partial charge < -0.3 is 29.1 Å². The zero-order valence-electron chi connectivity index (χ0n) is 16.9. The molecule has 0 unspecified atom stereocenters. The number of aliphatic carboxylic acids is 1. The average Bonchev–Trinajstić information content (AvgIpc) is 2.75. The topological polar surface area (TPSA) is 124 Å². The zero-order chi connectivity index (χ0) is 22.4. The van der Waals surface area contributed by atoms with Crippen LogP contribution in [0.3, 0.4) is 0 Å². The van der Waals surface area contributed by atoms with Gasteiger partial charge in [-0.3, -0.25) is 14.4 Å². The van der Waals surface area contributed by atoms with Gasteiger partial charge in [0.15, 0.2) is 18.1 Å². The van der Waals surface area contributed by atoms with Crippen LogP contribution in [-0.4, -0.2) is 36.2 Å². The van der Waals surface area contributed by atoms with Gasteiger partial charge in [-0.25, -0.2) is 0 Å². The Morgan fingerprint density at radius 2 is 1.84 bits per heavy atom. The number of carboxylic acids is 1. The van der Waals surface area contributed by atoms with Crippen molar-refractivity contribution in [2.24, 2.45) is 0 Å². The molecule has 0 spiro atoms. The lowest BCUT2D eigenvalue weighted by Gasteiger charge is -2.11. The molecule has 1 atom stereocenters. The summed E-state index contributed by atoms with van der Waals surface area (Å²) in [5.41, 5.74) is -0.139. The highest BCUT2D eigenvalue weighted by Crippen LogP contribution is 2.31. The third kappa shape index (κ3) is 5.33. The number of para-hydroxylation sites is 2. The van der Waals surface area contributed by atoms with Crippen LogP contribution in [0.2, 0.25) is 0 Å². The summed E-state index contributed by atoms with van der Waals surface area (Å²) in [4.78, 5) is 35.3. The van der Waals surface area contributed by atoms with Crippen LogP contribution < -0.4 is 25.0 Å². The summed E-state index contributed by atoms with van der Waals surface area (Å²) < 4.78 is 22.1. The minimum absolute atomic E-state index is 0.00430. The number of ether oxygens (including phenoxy) is 3. The van der Waals surface area contributed by atoms with Gasteiger partial charge in [0.25, 0.3) is 5.91 Å². The molecule has 9 nitrogen and oxygen atoms in total. The minimum atomic E-state index is -1.15. The Balaban J connectivity index is 1.75. The van der Waals surface area contributed by atoms with E-state index >= 15 is 0 Å². The first kappa shape index (κ1) is 21.7. The molecule has 0 aliphatic carbocycles. The van der Waals surface area contributed by atoms with E-state index in [0.29, 0.717) is 18.1 Å². The highest BCUT2D eigenvalue weighted by atomic mass is 16.5. The molecule has 2 aromatic carbocycles. The SMILES string of the molecule is CCOc1ccccc1Oc1coc2cc(OCC(=O)N[C@H](C)C(=O)O)ccc2c1=O. The monoisotopic (exact) mass is 427 g/mol. The highest BCUT2D eigenvalue weighted by molar-refractivity contribution is 5.84. The Labute approximate surface area is 177 Å². The number of rotatable bonds is 9. The number of benzene rings is 2. The van der Waals surface area contributed by atoms with Gasteiger partial charge in [-0.05, 0) is 38.1 Å². The summed E-state index contributed by atoms with van der Waals surface area (Å²) in [6.07, 6.45) is 1.19. The molecule has 0 aliphatic rings. The molecule has 31 heavy (non-hydrogen) atoms. The Bertz CT molecular complexity index is 1150. The summed E-state index contributed by atoms with van der Waals surface area (Å²) in [5.74, 6) is -0.573. The molecule has 2 N–H and O–H groups in total. The van der Waals surface area contributed by atoms with Gasteiger partial charge in [0.1, 0.15) is 23.6 Å². The van der Waals surface area contributed by atoms with Crippen LogP contribution in [0.5, 0.6) is 23.0 Å². The zero-order valence-corrected chi connectivity index (χ0v) is 16.9. The number of fused-ring (bicyclic) bond motifs is 1. The van der Waals surface area contributed by atoms with Crippen molar-refractivity contribution in [3.63, 3.8) is 0 Å². The first-order valence-electron chi connectivity index (χ1n) is 9.49. The second-order valence-corrected chi connectivity index (χ2v) is 6.48. The Hall–Kier alpha value is -4.01. The van der Waals surface area contributed by atoms with Crippen molar-refractivity contribution in [3.8, 4) is 23.0 Å². The number of carboxylic acid groups (broad SMARTS) is 1. The van der Waals surface area contributed by atoms with Crippen LogP contribution in [0.1, 0.15) is 13.8 Å². The van der Waals surface area contributed by atoms with E-state index in [1.807, 2.05) is 6.92 Å². The minimum Gasteiger partial charge on any atom is -0.490 e. The predicted molar refractivity (Wildman–Crippen MR) is 111 cm³/mol. The number of nitrogens with one attached hydrogen (secondary N) is 1. The number of amides is 1. The number of carbonyl (C=O) groups is 2. The fourth-order valence-electron chi connectivity index (χ4n) is 2.67. The summed E-state index contributed by atoms with van der Waals surface area (Å²) in [6, 6.07) is 10.4. The number of carbonyl (C=O) groups excluding carboxylic acids is 1. The largest absolute Gasteiger partial charge is 0.490 e. The Morgan fingerprint density at radius 1 is 1.10 bits per heavy atom. The molecule has 1 aromatic heterocycles. The lowest BCUT2D eigenvalue weighted by Crippen LogP contribution is -2.40. The van der Waals surface area contributed by atoms with Crippen molar-refractivity contribution >= 4 is 22.8 Å². The van der Waals surface area contributed by atoms with E-state index in [2.05, 4.69) is 5.32 Å². The fourth-order valence-corrected chi connectivity index (χ4v) is 2.67. The first-order chi connectivity index (χ1) is 14.9. The summed E-state index contributed by atoms with van der Waals surface area (Å²) in [6.45, 7) is 3.25. The van der Waals surface area contributed by atoms with E-state index in [4.69, 9.17) is 23.7 Å². The van der Waals surface area contributed by atoms with Gasteiger partial charge in [-0.15, -0.1) is 0 Å². The molecule has 3 aromatic rings. The number of hydrogen-bond donors (Lipinski definition) is 2. The maximum absolute atomic E-state index is 12.8. The van der Waals surface area contributed by atoms with E-state index in [-0.39, 0.29) is 34.5 Å². The van der Waals surface area contributed by atoms with Crippen molar-refractivity contribution in [1.29, 1.82) is 0 Å². The molecule has 9 heteroatoms. The van der Waals surface area contributed by atoms with Gasteiger partial charge in [-0.1, -0.05) is 12.1 Å². The maximum atomic E-state index is 12.8. The summed E-state index contributed by atoms with van der Waals surface area (Å²) in [7, 11) is 0. The third-order valence-corrected chi connectivity index (χ3v) is 4.20. The standard InChI is InChI=1S/C22H21NO8/c1-3-28-16-6-4-5-7-17(16)31-19-11-30-18-10-14(8-9-15(18)21(19)25)29-12-20(24)23-13(2)22(26)27/h4-11,13H,3,12H2,1-2H3,(H,23,24)(H,26,27)/t13-/m1/s1. The van der Waals surface area contributed by atoms with Crippen LogP contribution in [0.4, 0.5) is 0 Å². The summed E-state index contributed by atoms with van der Waals surface area (Å²) >= 11 is 0. The van der Waals surface area contributed by atoms with E-state index in [9.17, 15) is 14.4 Å². The van der Waals surface area contributed by atoms with E-state index in [0.717, 1.165) is 0 Å². The van der Waals surface area contributed by atoms with Crippen molar-refractivity contribution in [2.45, 2.75) is 19.9 Å². The Morgan fingerprint density at radius 3 is 2.55 bits per heavy atom. The van der Waals surface area contributed by atoms with Gasteiger partial charge in [0.2, 0.25) is 11.2 Å². The van der Waals surface area contributed by atoms with Crippen LogP contribution in [-0.2, 0) is 9.59 Å². The van der Waals surface area contributed by atoms with Gasteiger partial charge in [0, 0.05) is 6.07 Å². The maximum Gasteiger partial charge on any atom is 0.325 e. The lowest BCUT2D eigenvalue weighted by molar-refractivity contribution is -0.141. The van der Waals surface area contributed by atoms with Crippen LogP contribution >= 0.6 is 0 Å². The molecule has 0 saturated heterocycles. The average molecular weight is 427 g/mol. The fraction of sp³-hybridized carbons (Fsp3) is 0.227. The molecule has 3 rings (SSSR count). The van der Waals surface area contributed by atoms with Crippen LogP contribution in [0, 0.1) is 0 Å². The van der Waals surface area contributed by atoms with Crippen LogP contribution in [0.15, 0.2) is 57.9 Å². The smallest absolute Gasteiger partial charge is 0.325 e. The van der Waals surface area contributed by atoms with Crippen LogP contribution in [0.25, 0.3) is 11.0 Å². The van der Waals surface area contributed by atoms with Gasteiger partial charge in [-0.2, -0.15) is 0 Å². The molecule has 1 heterocycles. The van der Waals surface area contributed by atoms with E-state index in [1.165, 1.54) is 31.4 Å². The third-order valence-electron chi connectivity index (χ3n) is 4.20. The highest BCUT2D eigenvalue weighted by Gasteiger charge is 2.15. The van der Waals surface area contributed by atoms with Crippen molar-refractivity contribution in [3.05, 3.63) is 59.0 Å². The molecule has 0 radical (unpaired) electrons. The van der Waals surface area contributed by atoms with Gasteiger partial charge >= 0.3 is 5.97 Å². The molecular formula is C22H21NO8. The molecule has 0 fully saturated rings. The Kier molecular flexibility index (Phi) is 6.76. The normalized spacial score (nSPS) is 11.5.